The molecule has 19 heavy (non-hydrogen) atoms. The highest BCUT2D eigenvalue weighted by Gasteiger charge is 2.65. The SMILES string of the molecule is O=C(NC1C2C3CCC(C3)C12)c1ccc(Cl)cc1O. The van der Waals surface area contributed by atoms with E-state index in [1.165, 1.54) is 25.3 Å². The second kappa shape index (κ2) is 3.89. The Morgan fingerprint density at radius 2 is 1.95 bits per heavy atom. The van der Waals surface area contributed by atoms with Gasteiger partial charge in [-0.2, -0.15) is 0 Å². The summed E-state index contributed by atoms with van der Waals surface area (Å²) in [5, 5.41) is 13.3. The van der Waals surface area contributed by atoms with Crippen LogP contribution in [0.15, 0.2) is 18.2 Å². The number of hydrogen-bond donors (Lipinski definition) is 2. The molecule has 4 atom stereocenters. The number of nitrogens with one attached hydrogen (secondary N) is 1. The van der Waals surface area contributed by atoms with Gasteiger partial charge in [-0.15, -0.1) is 0 Å². The summed E-state index contributed by atoms with van der Waals surface area (Å²) < 4.78 is 0. The Bertz CT molecular complexity index is 543. The first-order chi connectivity index (χ1) is 9.15. The van der Waals surface area contributed by atoms with Crippen LogP contribution in [0.25, 0.3) is 0 Å². The zero-order valence-electron chi connectivity index (χ0n) is 10.5. The maximum Gasteiger partial charge on any atom is 0.255 e. The van der Waals surface area contributed by atoms with Gasteiger partial charge >= 0.3 is 0 Å². The van der Waals surface area contributed by atoms with E-state index < -0.39 is 0 Å². The van der Waals surface area contributed by atoms with E-state index in [0.29, 0.717) is 28.5 Å². The van der Waals surface area contributed by atoms with Crippen molar-refractivity contribution in [2.45, 2.75) is 25.3 Å². The Kier molecular flexibility index (Phi) is 2.37. The van der Waals surface area contributed by atoms with Gasteiger partial charge in [0.15, 0.2) is 0 Å². The van der Waals surface area contributed by atoms with E-state index in [9.17, 15) is 9.90 Å². The predicted octanol–water partition coefficient (Wildman–Crippen LogP) is 2.82. The van der Waals surface area contributed by atoms with Crippen LogP contribution in [-0.2, 0) is 0 Å². The van der Waals surface area contributed by atoms with Crippen molar-refractivity contribution in [3.05, 3.63) is 28.8 Å². The van der Waals surface area contributed by atoms with Crippen LogP contribution < -0.4 is 5.32 Å². The van der Waals surface area contributed by atoms with E-state index in [1.807, 2.05) is 0 Å². The van der Waals surface area contributed by atoms with Gasteiger partial charge < -0.3 is 10.4 Å². The summed E-state index contributed by atoms with van der Waals surface area (Å²) in [6.07, 6.45) is 4.04. The number of benzene rings is 1. The van der Waals surface area contributed by atoms with Crippen molar-refractivity contribution in [2.75, 3.05) is 0 Å². The van der Waals surface area contributed by atoms with Crippen LogP contribution in [0.5, 0.6) is 5.75 Å². The van der Waals surface area contributed by atoms with Crippen LogP contribution in [0.4, 0.5) is 0 Å². The summed E-state index contributed by atoms with van der Waals surface area (Å²) in [7, 11) is 0. The van der Waals surface area contributed by atoms with Crippen molar-refractivity contribution in [1.82, 2.24) is 5.32 Å². The van der Waals surface area contributed by atoms with Crippen molar-refractivity contribution in [3.8, 4) is 5.75 Å². The maximum atomic E-state index is 12.2. The van der Waals surface area contributed by atoms with Crippen molar-refractivity contribution in [3.63, 3.8) is 0 Å². The Hall–Kier alpha value is -1.22. The normalized spacial score (nSPS) is 38.1. The molecule has 100 valence electrons. The molecular formula is C15H16ClNO2. The van der Waals surface area contributed by atoms with Crippen molar-refractivity contribution >= 4 is 17.5 Å². The topological polar surface area (TPSA) is 49.3 Å². The largest absolute Gasteiger partial charge is 0.507 e. The molecule has 0 aliphatic heterocycles. The van der Waals surface area contributed by atoms with Crippen LogP contribution in [0.2, 0.25) is 5.02 Å². The summed E-state index contributed by atoms with van der Waals surface area (Å²) in [5.41, 5.74) is 0.321. The molecule has 4 unspecified atom stereocenters. The lowest BCUT2D eigenvalue weighted by atomic mass is 10.0. The Labute approximate surface area is 117 Å². The van der Waals surface area contributed by atoms with Gasteiger partial charge in [0.05, 0.1) is 5.56 Å². The third-order valence-corrected chi connectivity index (χ3v) is 5.47. The molecule has 3 saturated carbocycles. The lowest BCUT2D eigenvalue weighted by molar-refractivity contribution is 0.0941. The quantitative estimate of drug-likeness (QED) is 0.873. The molecule has 1 aromatic carbocycles. The van der Waals surface area contributed by atoms with Crippen LogP contribution in [0, 0.1) is 23.7 Å². The first-order valence-electron chi connectivity index (χ1n) is 6.94. The van der Waals surface area contributed by atoms with Gasteiger partial charge in [-0.05, 0) is 61.1 Å². The predicted molar refractivity (Wildman–Crippen MR) is 72.2 cm³/mol. The zero-order valence-corrected chi connectivity index (χ0v) is 11.2. The smallest absolute Gasteiger partial charge is 0.255 e. The monoisotopic (exact) mass is 277 g/mol. The molecule has 3 nitrogen and oxygen atoms in total. The number of aromatic hydroxyl groups is 1. The molecule has 0 spiro atoms. The highest BCUT2D eigenvalue weighted by molar-refractivity contribution is 6.30. The number of carbonyl (C=O) groups excluding carboxylic acids is 1. The molecule has 3 aliphatic rings. The molecule has 0 radical (unpaired) electrons. The summed E-state index contributed by atoms with van der Waals surface area (Å²) in [4.78, 5) is 12.2. The van der Waals surface area contributed by atoms with E-state index in [-0.39, 0.29) is 11.7 Å². The maximum absolute atomic E-state index is 12.2. The van der Waals surface area contributed by atoms with E-state index in [4.69, 9.17) is 11.6 Å². The molecule has 4 rings (SSSR count). The zero-order chi connectivity index (χ0) is 13.1. The fourth-order valence-corrected chi connectivity index (χ4v) is 4.61. The van der Waals surface area contributed by atoms with Gasteiger partial charge in [0.2, 0.25) is 0 Å². The van der Waals surface area contributed by atoms with E-state index in [1.54, 1.807) is 12.1 Å². The molecule has 2 N–H and O–H groups in total. The second-order valence-corrected chi connectivity index (χ2v) is 6.59. The van der Waals surface area contributed by atoms with Gasteiger partial charge in [-0.3, -0.25) is 4.79 Å². The number of phenols is 1. The number of rotatable bonds is 2. The highest BCUT2D eigenvalue weighted by atomic mass is 35.5. The minimum Gasteiger partial charge on any atom is -0.507 e. The molecule has 1 aromatic rings. The minimum absolute atomic E-state index is 0.0428. The summed E-state index contributed by atoms with van der Waals surface area (Å²) >= 11 is 5.77. The molecule has 4 heteroatoms. The number of hydrogen-bond acceptors (Lipinski definition) is 2. The molecule has 3 aliphatic carbocycles. The van der Waals surface area contributed by atoms with Crippen molar-refractivity contribution in [1.29, 1.82) is 0 Å². The fraction of sp³-hybridized carbons (Fsp3) is 0.533. The molecule has 0 aromatic heterocycles. The molecule has 3 fully saturated rings. The molecule has 2 bridgehead atoms. The third kappa shape index (κ3) is 1.68. The second-order valence-electron chi connectivity index (χ2n) is 6.15. The average Bonchev–Trinajstić information content (AvgIpc) is 2.78. The molecule has 0 saturated heterocycles. The molecule has 0 heterocycles. The summed E-state index contributed by atoms with van der Waals surface area (Å²) in [6.45, 7) is 0. The van der Waals surface area contributed by atoms with Crippen LogP contribution >= 0.6 is 11.6 Å². The average molecular weight is 278 g/mol. The van der Waals surface area contributed by atoms with E-state index >= 15 is 0 Å². The third-order valence-electron chi connectivity index (χ3n) is 5.24. The Morgan fingerprint density at radius 3 is 2.58 bits per heavy atom. The number of fused-ring (bicyclic) bond motifs is 5. The first-order valence-corrected chi connectivity index (χ1v) is 7.32. The number of phenolic OH excluding ortho intramolecular Hbond substituents is 1. The molecular weight excluding hydrogens is 262 g/mol. The van der Waals surface area contributed by atoms with Crippen LogP contribution in [0.3, 0.4) is 0 Å². The summed E-state index contributed by atoms with van der Waals surface area (Å²) in [5.74, 6) is 2.86. The lowest BCUT2D eigenvalue weighted by Crippen LogP contribution is -2.29. The van der Waals surface area contributed by atoms with Crippen LogP contribution in [0.1, 0.15) is 29.6 Å². The highest BCUT2D eigenvalue weighted by Crippen LogP contribution is 2.65. The van der Waals surface area contributed by atoms with Crippen LogP contribution in [-0.4, -0.2) is 17.1 Å². The van der Waals surface area contributed by atoms with Gasteiger partial charge in [-0.1, -0.05) is 11.6 Å². The summed E-state index contributed by atoms with van der Waals surface area (Å²) in [6, 6.07) is 4.97. The van der Waals surface area contributed by atoms with E-state index in [2.05, 4.69) is 5.32 Å². The van der Waals surface area contributed by atoms with Gasteiger partial charge in [0.1, 0.15) is 5.75 Å². The molecule has 1 amide bonds. The fourth-order valence-electron chi connectivity index (χ4n) is 4.44. The number of amides is 1. The van der Waals surface area contributed by atoms with Gasteiger partial charge in [0, 0.05) is 11.1 Å². The van der Waals surface area contributed by atoms with Gasteiger partial charge in [0.25, 0.3) is 5.91 Å². The van der Waals surface area contributed by atoms with E-state index in [0.717, 1.165) is 11.8 Å². The number of halogens is 1. The first kappa shape index (κ1) is 11.6. The van der Waals surface area contributed by atoms with Gasteiger partial charge in [-0.25, -0.2) is 0 Å². The standard InChI is InChI=1S/C15H16ClNO2/c16-9-3-4-10(11(18)6-9)15(19)17-14-12-7-1-2-8(5-7)13(12)14/h3-4,6-8,12-14,18H,1-2,5H2,(H,17,19). The Balaban J connectivity index is 1.48. The number of carbonyl (C=O) groups is 1. The lowest BCUT2D eigenvalue weighted by Gasteiger charge is -2.11. The Morgan fingerprint density at radius 1 is 1.26 bits per heavy atom. The van der Waals surface area contributed by atoms with Crippen molar-refractivity contribution in [2.24, 2.45) is 23.7 Å². The minimum atomic E-state index is -0.173. The van der Waals surface area contributed by atoms with Crippen molar-refractivity contribution < 1.29 is 9.90 Å².